The van der Waals surface area contributed by atoms with Crippen LogP contribution in [0.3, 0.4) is 0 Å². The molecule has 0 spiro atoms. The van der Waals surface area contributed by atoms with Gasteiger partial charge in [0.05, 0.1) is 0 Å². The van der Waals surface area contributed by atoms with E-state index < -0.39 is 0 Å². The van der Waals surface area contributed by atoms with E-state index >= 15 is 0 Å². The summed E-state index contributed by atoms with van der Waals surface area (Å²) in [6.07, 6.45) is 3.92. The Morgan fingerprint density at radius 3 is 3.00 bits per heavy atom. The number of thiophene rings is 1. The van der Waals surface area contributed by atoms with Crippen molar-refractivity contribution in [3.05, 3.63) is 22.4 Å². The zero-order valence-corrected chi connectivity index (χ0v) is 10.9. The number of carbonyl (C=O) groups is 1. The van der Waals surface area contributed by atoms with Gasteiger partial charge >= 0.3 is 0 Å². The van der Waals surface area contributed by atoms with Gasteiger partial charge in [0.25, 0.3) is 0 Å². The number of hydrogen-bond acceptors (Lipinski definition) is 3. The van der Waals surface area contributed by atoms with Crippen molar-refractivity contribution in [1.29, 1.82) is 0 Å². The van der Waals surface area contributed by atoms with Gasteiger partial charge in [0, 0.05) is 13.0 Å². The van der Waals surface area contributed by atoms with E-state index in [4.69, 9.17) is 0 Å². The number of carbonyl (C=O) groups excluding carboxylic acids is 1. The maximum absolute atomic E-state index is 11.7. The van der Waals surface area contributed by atoms with Gasteiger partial charge in [-0.1, -0.05) is 0 Å². The molecule has 0 radical (unpaired) electrons. The van der Waals surface area contributed by atoms with Gasteiger partial charge in [-0.3, -0.25) is 4.79 Å². The van der Waals surface area contributed by atoms with E-state index in [0.717, 1.165) is 38.9 Å². The van der Waals surface area contributed by atoms with Crippen LogP contribution in [0, 0.1) is 5.92 Å². The first-order valence-corrected chi connectivity index (χ1v) is 7.27. The molecule has 94 valence electrons. The van der Waals surface area contributed by atoms with Crippen molar-refractivity contribution < 1.29 is 4.79 Å². The average Bonchev–Trinajstić information content (AvgIpc) is 2.83. The summed E-state index contributed by atoms with van der Waals surface area (Å²) in [6, 6.07) is 2.11. The smallest absolute Gasteiger partial charge is 0.220 e. The second-order valence-electron chi connectivity index (χ2n) is 4.63. The Morgan fingerprint density at radius 1 is 1.47 bits per heavy atom. The Morgan fingerprint density at radius 2 is 2.29 bits per heavy atom. The highest BCUT2D eigenvalue weighted by Gasteiger charge is 2.16. The highest BCUT2D eigenvalue weighted by Crippen LogP contribution is 2.15. The van der Waals surface area contributed by atoms with E-state index in [-0.39, 0.29) is 5.91 Å². The van der Waals surface area contributed by atoms with Crippen molar-refractivity contribution in [2.75, 3.05) is 19.6 Å². The fourth-order valence-corrected chi connectivity index (χ4v) is 2.90. The van der Waals surface area contributed by atoms with Crippen molar-refractivity contribution in [2.45, 2.75) is 25.7 Å². The van der Waals surface area contributed by atoms with Crippen LogP contribution in [0.15, 0.2) is 16.8 Å². The Labute approximate surface area is 107 Å². The van der Waals surface area contributed by atoms with Gasteiger partial charge in [0.15, 0.2) is 0 Å². The van der Waals surface area contributed by atoms with Crippen molar-refractivity contribution in [1.82, 2.24) is 10.6 Å². The maximum Gasteiger partial charge on any atom is 0.220 e. The van der Waals surface area contributed by atoms with Gasteiger partial charge in [-0.2, -0.15) is 11.3 Å². The molecule has 1 aromatic rings. The molecule has 1 saturated heterocycles. The molecule has 0 bridgehead atoms. The standard InChI is InChI=1S/C13H20N2OS/c16-13(9-11-1-5-14-6-2-11)15-7-3-12-4-8-17-10-12/h4,8,10-11,14H,1-3,5-7,9H2,(H,15,16). The van der Waals surface area contributed by atoms with Gasteiger partial charge in [-0.15, -0.1) is 0 Å². The molecular formula is C13H20N2OS. The third kappa shape index (κ3) is 4.48. The van der Waals surface area contributed by atoms with Crippen molar-refractivity contribution in [3.63, 3.8) is 0 Å². The summed E-state index contributed by atoms with van der Waals surface area (Å²) < 4.78 is 0. The number of piperidine rings is 1. The first kappa shape index (κ1) is 12.6. The molecule has 4 heteroatoms. The van der Waals surface area contributed by atoms with E-state index in [2.05, 4.69) is 27.5 Å². The van der Waals surface area contributed by atoms with Crippen LogP contribution >= 0.6 is 11.3 Å². The molecule has 3 nitrogen and oxygen atoms in total. The van der Waals surface area contributed by atoms with Crippen LogP contribution in [0.5, 0.6) is 0 Å². The van der Waals surface area contributed by atoms with Crippen LogP contribution < -0.4 is 10.6 Å². The van der Waals surface area contributed by atoms with Crippen LogP contribution in [0.2, 0.25) is 0 Å². The van der Waals surface area contributed by atoms with Gasteiger partial charge < -0.3 is 10.6 Å². The van der Waals surface area contributed by atoms with E-state index in [1.54, 1.807) is 11.3 Å². The molecule has 1 amide bonds. The maximum atomic E-state index is 11.7. The molecule has 17 heavy (non-hydrogen) atoms. The largest absolute Gasteiger partial charge is 0.356 e. The minimum atomic E-state index is 0.215. The molecule has 2 heterocycles. The first-order chi connectivity index (χ1) is 8.34. The number of rotatable bonds is 5. The number of nitrogens with one attached hydrogen (secondary N) is 2. The third-order valence-electron chi connectivity index (χ3n) is 3.25. The monoisotopic (exact) mass is 252 g/mol. The van der Waals surface area contributed by atoms with Gasteiger partial charge in [0.2, 0.25) is 5.91 Å². The zero-order chi connectivity index (χ0) is 11.9. The number of hydrogen-bond donors (Lipinski definition) is 2. The molecule has 1 fully saturated rings. The lowest BCUT2D eigenvalue weighted by molar-refractivity contribution is -0.122. The predicted octanol–water partition coefficient (Wildman–Crippen LogP) is 1.80. The molecule has 0 unspecified atom stereocenters. The fraction of sp³-hybridized carbons (Fsp3) is 0.615. The highest BCUT2D eigenvalue weighted by molar-refractivity contribution is 7.07. The molecular weight excluding hydrogens is 232 g/mol. The molecule has 1 aliphatic heterocycles. The van der Waals surface area contributed by atoms with Crippen LogP contribution in [-0.2, 0) is 11.2 Å². The van der Waals surface area contributed by atoms with Crippen LogP contribution in [0.25, 0.3) is 0 Å². The molecule has 2 rings (SSSR count). The Hall–Kier alpha value is -0.870. The second-order valence-corrected chi connectivity index (χ2v) is 5.41. The lowest BCUT2D eigenvalue weighted by Gasteiger charge is -2.21. The summed E-state index contributed by atoms with van der Waals surface area (Å²) in [4.78, 5) is 11.7. The van der Waals surface area contributed by atoms with Crippen LogP contribution in [0.4, 0.5) is 0 Å². The molecule has 0 atom stereocenters. The van der Waals surface area contributed by atoms with Crippen LogP contribution in [0.1, 0.15) is 24.8 Å². The number of amides is 1. The first-order valence-electron chi connectivity index (χ1n) is 6.33. The van der Waals surface area contributed by atoms with Gasteiger partial charge in [-0.05, 0) is 60.7 Å². The quantitative estimate of drug-likeness (QED) is 0.839. The van der Waals surface area contributed by atoms with E-state index in [9.17, 15) is 4.79 Å². The predicted molar refractivity (Wildman–Crippen MR) is 71.2 cm³/mol. The Balaban J connectivity index is 1.60. The van der Waals surface area contributed by atoms with E-state index in [1.165, 1.54) is 5.56 Å². The lowest BCUT2D eigenvalue weighted by Crippen LogP contribution is -2.32. The minimum absolute atomic E-state index is 0.215. The summed E-state index contributed by atoms with van der Waals surface area (Å²) in [6.45, 7) is 2.89. The van der Waals surface area contributed by atoms with Gasteiger partial charge in [-0.25, -0.2) is 0 Å². The van der Waals surface area contributed by atoms with E-state index in [0.29, 0.717) is 12.3 Å². The molecule has 0 saturated carbocycles. The molecule has 1 aromatic heterocycles. The molecule has 0 aliphatic carbocycles. The Bertz CT molecular complexity index is 331. The SMILES string of the molecule is O=C(CC1CCNCC1)NCCc1ccsc1. The van der Waals surface area contributed by atoms with Gasteiger partial charge in [0.1, 0.15) is 0 Å². The average molecular weight is 252 g/mol. The molecule has 0 aromatic carbocycles. The normalized spacial score (nSPS) is 16.9. The fourth-order valence-electron chi connectivity index (χ4n) is 2.20. The summed E-state index contributed by atoms with van der Waals surface area (Å²) in [5, 5.41) is 10.5. The molecule has 2 N–H and O–H groups in total. The van der Waals surface area contributed by atoms with Crippen LogP contribution in [-0.4, -0.2) is 25.5 Å². The van der Waals surface area contributed by atoms with Crippen molar-refractivity contribution in [3.8, 4) is 0 Å². The Kier molecular flexibility index (Phi) is 5.01. The van der Waals surface area contributed by atoms with E-state index in [1.807, 2.05) is 0 Å². The second kappa shape index (κ2) is 6.77. The lowest BCUT2D eigenvalue weighted by atomic mass is 9.94. The molecule has 1 aliphatic rings. The zero-order valence-electron chi connectivity index (χ0n) is 10.1. The highest BCUT2D eigenvalue weighted by atomic mass is 32.1. The summed E-state index contributed by atoms with van der Waals surface area (Å²) in [5.41, 5.74) is 1.32. The third-order valence-corrected chi connectivity index (χ3v) is 3.98. The minimum Gasteiger partial charge on any atom is -0.356 e. The topological polar surface area (TPSA) is 41.1 Å². The summed E-state index contributed by atoms with van der Waals surface area (Å²) in [5.74, 6) is 0.796. The summed E-state index contributed by atoms with van der Waals surface area (Å²) >= 11 is 1.71. The van der Waals surface area contributed by atoms with Crippen molar-refractivity contribution in [2.24, 2.45) is 5.92 Å². The summed E-state index contributed by atoms with van der Waals surface area (Å²) in [7, 11) is 0. The van der Waals surface area contributed by atoms with Crippen molar-refractivity contribution >= 4 is 17.2 Å².